The molecule has 0 aliphatic carbocycles. The van der Waals surface area contributed by atoms with Crippen molar-refractivity contribution in [1.82, 2.24) is 37.7 Å². The fourth-order valence-corrected chi connectivity index (χ4v) is 7.45. The molecule has 0 spiro atoms. The number of carbonyl (C=O) groups is 6. The van der Waals surface area contributed by atoms with Crippen LogP contribution in [0, 0.1) is 0 Å². The number of hydrogen-bond donors (Lipinski definition) is 9. The van der Waals surface area contributed by atoms with Crippen LogP contribution in [0.1, 0.15) is 119 Å². The van der Waals surface area contributed by atoms with Crippen LogP contribution in [0.15, 0.2) is 132 Å². The third kappa shape index (κ3) is 33.6. The molecule has 458 valence electrons. The fraction of sp³-hybridized carbons (Fsp3) is 0.350. The molecule has 6 amide bonds. The number of rotatable bonds is 30. The summed E-state index contributed by atoms with van der Waals surface area (Å²) in [5, 5.41) is 22.1. The number of nitrogens with zero attached hydrogens (tertiary/aromatic N) is 1. The highest BCUT2D eigenvalue weighted by Gasteiger charge is 2.11. The molecule has 0 aliphatic heterocycles. The smallest absolute Gasteiger partial charge is 0.285 e. The molecule has 0 saturated heterocycles. The van der Waals surface area contributed by atoms with Crippen LogP contribution >= 0.6 is 36.7 Å². The average molecular weight is 1230 g/mol. The van der Waals surface area contributed by atoms with Gasteiger partial charge in [-0.25, -0.2) is 16.4 Å². The van der Waals surface area contributed by atoms with Crippen molar-refractivity contribution in [2.75, 3.05) is 48.1 Å². The second-order valence-electron chi connectivity index (χ2n) is 17.8. The van der Waals surface area contributed by atoms with Crippen LogP contribution in [-0.2, 0) is 37.3 Å². The zero-order valence-electron chi connectivity index (χ0n) is 48.2. The van der Waals surface area contributed by atoms with Crippen LogP contribution in [0.5, 0.6) is 23.0 Å². The monoisotopic (exact) mass is 1230 g/mol. The summed E-state index contributed by atoms with van der Waals surface area (Å²) < 4.78 is 20.8. The Kier molecular flexibility index (Phi) is 39.6. The van der Waals surface area contributed by atoms with Gasteiger partial charge >= 0.3 is 0 Å². The number of isothiocyanates is 1. The maximum absolute atomic E-state index is 12.0. The second-order valence-corrected chi connectivity index (χ2v) is 18.8. The van der Waals surface area contributed by atoms with Crippen LogP contribution in [0.4, 0.5) is 0 Å². The van der Waals surface area contributed by atoms with Crippen molar-refractivity contribution in [2.24, 2.45) is 10.7 Å². The molecule has 0 aliphatic rings. The van der Waals surface area contributed by atoms with Gasteiger partial charge in [0.25, 0.3) is 17.7 Å². The van der Waals surface area contributed by atoms with Gasteiger partial charge in [0, 0.05) is 72.3 Å². The molecule has 5 aromatic rings. The summed E-state index contributed by atoms with van der Waals surface area (Å²) in [7, 11) is 6.32. The minimum Gasteiger partial charge on any atom is -0.497 e. The Bertz CT molecular complexity index is 2850. The van der Waals surface area contributed by atoms with Crippen molar-refractivity contribution in [1.29, 1.82) is 0 Å². The highest BCUT2D eigenvalue weighted by molar-refractivity contribution is 7.80. The largest absolute Gasteiger partial charge is 0.497 e. The van der Waals surface area contributed by atoms with Gasteiger partial charge in [-0.3, -0.25) is 54.3 Å². The number of amides is 6. The van der Waals surface area contributed by atoms with Crippen molar-refractivity contribution in [2.45, 2.75) is 90.3 Å². The SMILES string of the molecule is COc1ccc(CONC(=O)CCCCCN)c(OC)c1.COc1ccc(CONC(=O)CCCCCNC(=S)NC(=O)c2ccccc2)c(OC)c1.O=C(CCCCCNC(=S)NC(=O)c1ccccc1)NO.O=C(N=C=S)c1ccccc1. The first-order valence-electron chi connectivity index (χ1n) is 27.0. The molecule has 10 N–H and O–H groups in total. The molecular weight excluding hydrogens is 1150 g/mol. The second kappa shape index (κ2) is 46.2. The Hall–Kier alpha value is -8.26. The highest BCUT2D eigenvalue weighted by Crippen LogP contribution is 2.26. The van der Waals surface area contributed by atoms with E-state index in [-0.39, 0.29) is 53.8 Å². The molecule has 0 fully saturated rings. The minimum atomic E-state index is -0.381. The van der Waals surface area contributed by atoms with Crippen molar-refractivity contribution in [3.05, 3.63) is 155 Å². The number of methoxy groups -OCH3 is 4. The van der Waals surface area contributed by atoms with Crippen molar-refractivity contribution >= 4 is 87.5 Å². The third-order valence-corrected chi connectivity index (χ3v) is 12.1. The van der Waals surface area contributed by atoms with Crippen LogP contribution in [0.2, 0.25) is 0 Å². The van der Waals surface area contributed by atoms with E-state index in [0.29, 0.717) is 96.5 Å². The molecule has 0 radical (unpaired) electrons. The lowest BCUT2D eigenvalue weighted by atomic mass is 10.2. The number of aliphatic imine (C=N–C) groups is 1. The number of benzene rings is 5. The maximum atomic E-state index is 12.0. The van der Waals surface area contributed by atoms with Gasteiger partial charge in [-0.2, -0.15) is 4.99 Å². The number of hydrogen-bond acceptors (Lipinski definition) is 17. The van der Waals surface area contributed by atoms with E-state index in [4.69, 9.17) is 64.0 Å². The van der Waals surface area contributed by atoms with Crippen molar-refractivity contribution in [3.8, 4) is 23.0 Å². The molecule has 5 rings (SSSR count). The first kappa shape index (κ1) is 72.8. The van der Waals surface area contributed by atoms with Gasteiger partial charge in [0.05, 0.1) is 33.6 Å². The number of ether oxygens (including phenoxy) is 4. The number of unbranched alkanes of at least 4 members (excludes halogenated alkanes) is 6. The van der Waals surface area contributed by atoms with E-state index in [1.54, 1.807) is 125 Å². The first-order valence-corrected chi connectivity index (χ1v) is 28.3. The predicted octanol–water partition coefficient (Wildman–Crippen LogP) is 8.17. The lowest BCUT2D eigenvalue weighted by Gasteiger charge is -2.11. The number of thiocarbonyl (C=S) groups is 3. The molecule has 22 nitrogen and oxygen atoms in total. The zero-order valence-corrected chi connectivity index (χ0v) is 50.7. The summed E-state index contributed by atoms with van der Waals surface area (Å²) >= 11 is 14.4. The number of nitrogens with one attached hydrogen (secondary N) is 7. The topological polar surface area (TPSA) is 301 Å². The molecule has 25 heteroatoms. The van der Waals surface area contributed by atoms with Crippen LogP contribution < -0.4 is 62.4 Å². The third-order valence-electron chi connectivity index (χ3n) is 11.5. The Balaban J connectivity index is 0.000000409. The fourth-order valence-electron chi connectivity index (χ4n) is 6.98. The Morgan fingerprint density at radius 3 is 1.26 bits per heavy atom. The van der Waals surface area contributed by atoms with Gasteiger partial charge < -0.3 is 35.3 Å². The highest BCUT2D eigenvalue weighted by atomic mass is 32.1. The molecule has 0 atom stereocenters. The predicted molar refractivity (Wildman–Crippen MR) is 334 cm³/mol. The molecule has 0 aromatic heterocycles. The van der Waals surface area contributed by atoms with Crippen LogP contribution in [0.3, 0.4) is 0 Å². The summed E-state index contributed by atoms with van der Waals surface area (Å²) in [6.45, 7) is 2.32. The van der Waals surface area contributed by atoms with Crippen molar-refractivity contribution < 1.29 is 62.6 Å². The zero-order chi connectivity index (χ0) is 62.3. The van der Waals surface area contributed by atoms with Crippen molar-refractivity contribution in [3.63, 3.8) is 0 Å². The standard InChI is InChI=1S/C23H29N3O5S.C15H24N2O4.C14H19N3O3S.C8H5NOS/c1-29-19-13-12-18(20(15-19)30-2)16-31-26-21(27)11-7-4-8-14-24-23(32)25-22(28)17-9-5-3-6-10-17;1-19-13-8-7-12(14(10-13)20-2)11-21-17-15(18)6-4-3-5-9-16;18-12(17-20)9-5-2-6-10-15-14(21)16-13(19)11-7-3-1-4-8-11;10-8(9-6-11)7-4-2-1-3-5-7/h3,5-6,9-10,12-13,15H,4,7-8,11,14,16H2,1-2H3,(H,26,27)(H2,24,25,28,32);7-8,10H,3-6,9,11,16H2,1-2H3,(H,17,18);1,3-4,7-8,20H,2,5-6,9-10H2,(H,17,18)(H2,15,16,19,21);1-5H. The van der Waals surface area contributed by atoms with E-state index in [2.05, 4.69) is 49.4 Å². The van der Waals surface area contributed by atoms with E-state index < -0.39 is 0 Å². The minimum absolute atomic E-state index is 0.125. The summed E-state index contributed by atoms with van der Waals surface area (Å²) in [5.74, 6) is 1.16. The Labute approximate surface area is 512 Å². The van der Waals surface area contributed by atoms with Gasteiger partial charge in [0.1, 0.15) is 36.2 Å². The summed E-state index contributed by atoms with van der Waals surface area (Å²) in [5.41, 5.74) is 15.1. The van der Waals surface area contributed by atoms with Gasteiger partial charge in [0.2, 0.25) is 17.7 Å². The van der Waals surface area contributed by atoms with E-state index in [1.165, 1.54) is 0 Å². The molecule has 85 heavy (non-hydrogen) atoms. The molecular formula is C60H77N9O13S3. The van der Waals surface area contributed by atoms with E-state index >= 15 is 0 Å². The lowest BCUT2D eigenvalue weighted by molar-refractivity contribution is -0.135. The Morgan fingerprint density at radius 1 is 0.506 bits per heavy atom. The van der Waals surface area contributed by atoms with E-state index in [0.717, 1.165) is 56.1 Å². The number of carbonyl (C=O) groups excluding carboxylic acids is 6. The van der Waals surface area contributed by atoms with Crippen LogP contribution in [-0.4, -0.2) is 104 Å². The Morgan fingerprint density at radius 2 is 0.894 bits per heavy atom. The first-order chi connectivity index (χ1) is 41.2. The lowest BCUT2D eigenvalue weighted by Crippen LogP contribution is -2.39. The number of nitrogens with two attached hydrogens (primary N) is 1. The quantitative estimate of drug-likeness (QED) is 0.00688. The van der Waals surface area contributed by atoms with Gasteiger partial charge in [-0.05, 0) is 142 Å². The molecule has 0 unspecified atom stereocenters. The average Bonchev–Trinajstić information content (AvgIpc) is 3.57. The number of hydroxylamine groups is 3. The maximum Gasteiger partial charge on any atom is 0.285 e. The molecule has 0 heterocycles. The molecule has 5 aromatic carbocycles. The van der Waals surface area contributed by atoms with Crippen LogP contribution in [0.25, 0.3) is 0 Å². The van der Waals surface area contributed by atoms with Gasteiger partial charge in [-0.1, -0.05) is 73.9 Å². The summed E-state index contributed by atoms with van der Waals surface area (Å²) in [6, 6.07) is 37.2. The van der Waals surface area contributed by atoms with Gasteiger partial charge in [0.15, 0.2) is 10.2 Å². The normalized spacial score (nSPS) is 9.86. The molecule has 0 saturated carbocycles. The van der Waals surface area contributed by atoms with E-state index in [1.807, 2.05) is 41.6 Å². The van der Waals surface area contributed by atoms with Gasteiger partial charge in [-0.15, -0.1) is 0 Å². The summed E-state index contributed by atoms with van der Waals surface area (Å²) in [6.07, 6.45) is 8.52. The van der Waals surface area contributed by atoms with E-state index in [9.17, 15) is 28.8 Å². The molecule has 0 bridgehead atoms. The summed E-state index contributed by atoms with van der Waals surface area (Å²) in [4.78, 5) is 82.8.